The van der Waals surface area contributed by atoms with Crippen LogP contribution < -0.4 is 0 Å². The van der Waals surface area contributed by atoms with Gasteiger partial charge in [0.1, 0.15) is 0 Å². The molecule has 2 fully saturated rings. The van der Waals surface area contributed by atoms with Gasteiger partial charge in [-0.15, -0.1) is 0 Å². The van der Waals surface area contributed by atoms with Crippen molar-refractivity contribution in [2.75, 3.05) is 32.8 Å². The summed E-state index contributed by atoms with van der Waals surface area (Å²) in [5, 5.41) is 8.91. The lowest BCUT2D eigenvalue weighted by Crippen LogP contribution is -2.52. The number of carboxylic acids is 1. The van der Waals surface area contributed by atoms with Gasteiger partial charge in [-0.2, -0.15) is 0 Å². The highest BCUT2D eigenvalue weighted by Gasteiger charge is 2.33. The average Bonchev–Trinajstić information content (AvgIpc) is 2.86. The molecule has 0 aliphatic carbocycles. The van der Waals surface area contributed by atoms with E-state index in [1.165, 1.54) is 0 Å². The van der Waals surface area contributed by atoms with E-state index in [9.17, 15) is 9.59 Å². The summed E-state index contributed by atoms with van der Waals surface area (Å²) in [4.78, 5) is 26.5. The summed E-state index contributed by atoms with van der Waals surface area (Å²) in [6.07, 6.45) is 1.26. The number of carbonyl (C=O) groups excluding carboxylic acids is 1. The lowest BCUT2D eigenvalue weighted by Gasteiger charge is -2.33. The van der Waals surface area contributed by atoms with E-state index < -0.39 is 12.1 Å². The summed E-state index contributed by atoms with van der Waals surface area (Å²) < 4.78 is 5.11. The molecule has 0 bridgehead atoms. The van der Waals surface area contributed by atoms with E-state index in [1.54, 1.807) is 4.90 Å². The van der Waals surface area contributed by atoms with Gasteiger partial charge in [-0.1, -0.05) is 13.3 Å². The molecule has 2 atom stereocenters. The Morgan fingerprint density at radius 1 is 1.28 bits per heavy atom. The van der Waals surface area contributed by atoms with Crippen LogP contribution in [0.1, 0.15) is 19.8 Å². The lowest BCUT2D eigenvalue weighted by atomic mass is 10.1. The lowest BCUT2D eigenvalue weighted by molar-refractivity contribution is -0.154. The summed E-state index contributed by atoms with van der Waals surface area (Å²) in [5.74, 6) is -0.411. The first-order chi connectivity index (χ1) is 8.61. The van der Waals surface area contributed by atoms with E-state index in [0.717, 1.165) is 25.9 Å². The highest BCUT2D eigenvalue weighted by Crippen LogP contribution is 2.21. The normalized spacial score (nSPS) is 28.5. The minimum absolute atomic E-state index is 0.0412. The number of hydrogen-bond donors (Lipinski definition) is 1. The number of carbonyl (C=O) groups is 2. The van der Waals surface area contributed by atoms with Crippen molar-refractivity contribution in [1.29, 1.82) is 0 Å². The summed E-state index contributed by atoms with van der Waals surface area (Å²) >= 11 is 0. The number of hydrogen-bond acceptors (Lipinski definition) is 3. The van der Waals surface area contributed by atoms with E-state index in [-0.39, 0.29) is 12.6 Å². The molecule has 0 aromatic carbocycles. The number of amides is 2. The van der Waals surface area contributed by atoms with Gasteiger partial charge in [0.05, 0.1) is 13.2 Å². The quantitative estimate of drug-likeness (QED) is 0.786. The third-order valence-electron chi connectivity index (χ3n) is 3.75. The Hall–Kier alpha value is -1.30. The number of ether oxygens (including phenoxy) is 1. The van der Waals surface area contributed by atoms with Crippen LogP contribution in [0.5, 0.6) is 0 Å². The molecular weight excluding hydrogens is 236 g/mol. The van der Waals surface area contributed by atoms with Crippen molar-refractivity contribution in [1.82, 2.24) is 9.80 Å². The van der Waals surface area contributed by atoms with Crippen LogP contribution >= 0.6 is 0 Å². The average molecular weight is 256 g/mol. The molecule has 2 rings (SSSR count). The molecule has 0 aromatic rings. The molecule has 2 unspecified atom stereocenters. The molecule has 0 radical (unpaired) electrons. The first-order valence-corrected chi connectivity index (χ1v) is 6.50. The maximum absolute atomic E-state index is 12.2. The molecule has 102 valence electrons. The summed E-state index contributed by atoms with van der Waals surface area (Å²) in [6.45, 7) is 4.65. The van der Waals surface area contributed by atoms with Crippen LogP contribution in [0.4, 0.5) is 4.79 Å². The minimum Gasteiger partial charge on any atom is -0.479 e. The Kier molecular flexibility index (Phi) is 4.06. The standard InChI is InChI=1S/C12H20N2O4/c1-2-9-3-4-13(7-9)12(17)14-5-6-18-10(8-14)11(15)16/h9-10H,2-8H2,1H3,(H,15,16). The SMILES string of the molecule is CCC1CCN(C(=O)N2CCOC(C(=O)O)C2)C1. The van der Waals surface area contributed by atoms with E-state index in [0.29, 0.717) is 19.1 Å². The number of aliphatic carboxylic acids is 1. The molecule has 1 N–H and O–H groups in total. The van der Waals surface area contributed by atoms with E-state index in [2.05, 4.69) is 6.92 Å². The smallest absolute Gasteiger partial charge is 0.334 e. The van der Waals surface area contributed by atoms with Crippen LogP contribution in [0.3, 0.4) is 0 Å². The predicted molar refractivity (Wildman–Crippen MR) is 64.3 cm³/mol. The molecule has 2 aliphatic heterocycles. The largest absolute Gasteiger partial charge is 0.479 e. The molecule has 0 aromatic heterocycles. The second-order valence-electron chi connectivity index (χ2n) is 4.94. The van der Waals surface area contributed by atoms with Crippen molar-refractivity contribution < 1.29 is 19.4 Å². The number of likely N-dealkylation sites (tertiary alicyclic amines) is 1. The molecule has 6 heteroatoms. The van der Waals surface area contributed by atoms with Crippen molar-refractivity contribution in [2.45, 2.75) is 25.9 Å². The zero-order chi connectivity index (χ0) is 13.1. The summed E-state index contributed by atoms with van der Waals surface area (Å²) in [5.41, 5.74) is 0. The van der Waals surface area contributed by atoms with Gasteiger partial charge >= 0.3 is 12.0 Å². The van der Waals surface area contributed by atoms with E-state index >= 15 is 0 Å². The van der Waals surface area contributed by atoms with Gasteiger partial charge in [-0.05, 0) is 12.3 Å². The number of nitrogens with zero attached hydrogens (tertiary/aromatic N) is 2. The third kappa shape index (κ3) is 2.75. The van der Waals surface area contributed by atoms with Crippen molar-refractivity contribution in [3.8, 4) is 0 Å². The van der Waals surface area contributed by atoms with E-state index in [4.69, 9.17) is 9.84 Å². The second kappa shape index (κ2) is 5.56. The fraction of sp³-hybridized carbons (Fsp3) is 0.833. The van der Waals surface area contributed by atoms with Crippen molar-refractivity contribution in [3.05, 3.63) is 0 Å². The monoisotopic (exact) mass is 256 g/mol. The molecule has 18 heavy (non-hydrogen) atoms. The van der Waals surface area contributed by atoms with Crippen LogP contribution in [-0.2, 0) is 9.53 Å². The van der Waals surface area contributed by atoms with Gasteiger partial charge in [0.25, 0.3) is 0 Å². The van der Waals surface area contributed by atoms with Crippen LogP contribution in [-0.4, -0.2) is 65.8 Å². The Bertz CT molecular complexity index is 334. The zero-order valence-electron chi connectivity index (χ0n) is 10.7. The molecule has 0 saturated carbocycles. The zero-order valence-corrected chi connectivity index (χ0v) is 10.7. The Morgan fingerprint density at radius 2 is 2.00 bits per heavy atom. The first-order valence-electron chi connectivity index (χ1n) is 6.50. The molecule has 2 heterocycles. The molecule has 2 aliphatic rings. The summed E-state index contributed by atoms with van der Waals surface area (Å²) in [7, 11) is 0. The van der Waals surface area contributed by atoms with Crippen LogP contribution in [0.25, 0.3) is 0 Å². The summed E-state index contributed by atoms with van der Waals surface area (Å²) in [6, 6.07) is -0.0412. The molecule has 2 saturated heterocycles. The minimum atomic E-state index is -1.000. The fourth-order valence-electron chi connectivity index (χ4n) is 2.51. The number of urea groups is 1. The Morgan fingerprint density at radius 3 is 2.61 bits per heavy atom. The Labute approximate surface area is 106 Å². The van der Waals surface area contributed by atoms with Crippen LogP contribution in [0.15, 0.2) is 0 Å². The number of rotatable bonds is 2. The predicted octanol–water partition coefficient (Wildman–Crippen LogP) is 0.624. The molecule has 6 nitrogen and oxygen atoms in total. The highest BCUT2D eigenvalue weighted by atomic mass is 16.5. The topological polar surface area (TPSA) is 70.1 Å². The first kappa shape index (κ1) is 13.1. The van der Waals surface area contributed by atoms with Gasteiger partial charge in [0, 0.05) is 19.6 Å². The number of carboxylic acid groups (broad SMARTS) is 1. The van der Waals surface area contributed by atoms with Crippen molar-refractivity contribution in [3.63, 3.8) is 0 Å². The van der Waals surface area contributed by atoms with Gasteiger partial charge in [0.2, 0.25) is 0 Å². The van der Waals surface area contributed by atoms with Crippen LogP contribution in [0, 0.1) is 5.92 Å². The van der Waals surface area contributed by atoms with Gasteiger partial charge in [-0.25, -0.2) is 9.59 Å². The van der Waals surface area contributed by atoms with Crippen LogP contribution in [0.2, 0.25) is 0 Å². The fourth-order valence-corrected chi connectivity index (χ4v) is 2.51. The van der Waals surface area contributed by atoms with Crippen molar-refractivity contribution in [2.24, 2.45) is 5.92 Å². The molecule has 2 amide bonds. The third-order valence-corrected chi connectivity index (χ3v) is 3.75. The van der Waals surface area contributed by atoms with Crippen molar-refractivity contribution >= 4 is 12.0 Å². The second-order valence-corrected chi connectivity index (χ2v) is 4.94. The Balaban J connectivity index is 1.91. The molecule has 0 spiro atoms. The van der Waals surface area contributed by atoms with Gasteiger partial charge < -0.3 is 19.6 Å². The highest BCUT2D eigenvalue weighted by molar-refractivity contribution is 5.77. The van der Waals surface area contributed by atoms with Gasteiger partial charge in [-0.3, -0.25) is 0 Å². The number of morpholine rings is 1. The maximum atomic E-state index is 12.2. The maximum Gasteiger partial charge on any atom is 0.334 e. The molecular formula is C12H20N2O4. The van der Waals surface area contributed by atoms with E-state index in [1.807, 2.05) is 4.90 Å². The van der Waals surface area contributed by atoms with Gasteiger partial charge in [0.15, 0.2) is 6.10 Å².